The van der Waals surface area contributed by atoms with Crippen molar-refractivity contribution < 1.29 is 19.3 Å². The van der Waals surface area contributed by atoms with E-state index in [0.29, 0.717) is 18.0 Å². The highest BCUT2D eigenvalue weighted by Gasteiger charge is 2.11. The lowest BCUT2D eigenvalue weighted by atomic mass is 10.1. The molecule has 0 aromatic heterocycles. The Morgan fingerprint density at radius 2 is 1.59 bits per heavy atom. The summed E-state index contributed by atoms with van der Waals surface area (Å²) in [5, 5.41) is 11.5. The van der Waals surface area contributed by atoms with E-state index >= 15 is 0 Å². The predicted octanol–water partition coefficient (Wildman–Crippen LogP) is 0.794. The summed E-state index contributed by atoms with van der Waals surface area (Å²) >= 11 is 0. The van der Waals surface area contributed by atoms with E-state index in [9.17, 15) is 0 Å². The van der Waals surface area contributed by atoms with Gasteiger partial charge < -0.3 is 19.3 Å². The summed E-state index contributed by atoms with van der Waals surface area (Å²) in [4.78, 5) is 0. The number of nitrogens with one attached hydrogen (secondary N) is 1. The second-order valence-corrected chi connectivity index (χ2v) is 3.43. The van der Waals surface area contributed by atoms with Crippen molar-refractivity contribution in [2.75, 3.05) is 34.6 Å². The second-order valence-electron chi connectivity index (χ2n) is 3.43. The molecule has 0 radical (unpaired) electrons. The summed E-state index contributed by atoms with van der Waals surface area (Å²) in [6.07, 6.45) is 0.740. The van der Waals surface area contributed by atoms with E-state index < -0.39 is 0 Å². The van der Waals surface area contributed by atoms with Crippen molar-refractivity contribution in [1.82, 2.24) is 5.32 Å². The Morgan fingerprint density at radius 1 is 1.00 bits per heavy atom. The maximum absolute atomic E-state index is 8.67. The smallest absolute Gasteiger partial charge is 0.164 e. The number of benzene rings is 1. The summed E-state index contributed by atoms with van der Waals surface area (Å²) in [6.45, 7) is 0.637. The van der Waals surface area contributed by atoms with Crippen LogP contribution in [-0.4, -0.2) is 39.7 Å². The van der Waals surface area contributed by atoms with Gasteiger partial charge in [0.05, 0.1) is 28.1 Å². The van der Waals surface area contributed by atoms with Crippen molar-refractivity contribution in [2.24, 2.45) is 0 Å². The molecular formula is C12H19NO4. The van der Waals surface area contributed by atoms with E-state index in [2.05, 4.69) is 5.32 Å². The van der Waals surface area contributed by atoms with E-state index in [0.717, 1.165) is 17.7 Å². The SMILES string of the molecule is COc1cc(OC)c(OC)cc1CCNCO. The van der Waals surface area contributed by atoms with Crippen molar-refractivity contribution in [3.05, 3.63) is 17.7 Å². The standard InChI is InChI=1S/C12H19NO4/c1-15-10-7-12(17-3)11(16-2)6-9(10)4-5-13-8-14/h6-7,13-14H,4-5,8H2,1-3H3. The number of rotatable bonds is 7. The third-order valence-electron chi connectivity index (χ3n) is 2.47. The van der Waals surface area contributed by atoms with E-state index in [4.69, 9.17) is 19.3 Å². The number of hydrogen-bond acceptors (Lipinski definition) is 5. The van der Waals surface area contributed by atoms with Gasteiger partial charge in [-0.3, -0.25) is 5.32 Å². The van der Waals surface area contributed by atoms with Crippen LogP contribution in [0.4, 0.5) is 0 Å². The van der Waals surface area contributed by atoms with E-state index in [1.54, 1.807) is 27.4 Å². The second kappa shape index (κ2) is 6.98. The normalized spacial score (nSPS) is 10.1. The van der Waals surface area contributed by atoms with Gasteiger partial charge in [0.2, 0.25) is 0 Å². The van der Waals surface area contributed by atoms with Crippen LogP contribution in [0.1, 0.15) is 5.56 Å². The molecule has 0 aliphatic rings. The maximum atomic E-state index is 8.67. The molecule has 0 saturated carbocycles. The highest BCUT2D eigenvalue weighted by atomic mass is 16.5. The fourth-order valence-electron chi connectivity index (χ4n) is 1.59. The molecule has 0 amide bonds. The van der Waals surface area contributed by atoms with Gasteiger partial charge in [-0.2, -0.15) is 0 Å². The van der Waals surface area contributed by atoms with Crippen LogP contribution in [0.2, 0.25) is 0 Å². The van der Waals surface area contributed by atoms with Gasteiger partial charge in [-0.05, 0) is 18.1 Å². The third kappa shape index (κ3) is 3.51. The highest BCUT2D eigenvalue weighted by molar-refractivity contribution is 5.50. The first kappa shape index (κ1) is 13.6. The van der Waals surface area contributed by atoms with Crippen LogP contribution in [0.15, 0.2) is 12.1 Å². The summed E-state index contributed by atoms with van der Waals surface area (Å²) in [5.41, 5.74) is 1.01. The minimum Gasteiger partial charge on any atom is -0.496 e. The van der Waals surface area contributed by atoms with Crippen LogP contribution in [0.25, 0.3) is 0 Å². The van der Waals surface area contributed by atoms with Crippen LogP contribution in [0, 0.1) is 0 Å². The first-order valence-electron chi connectivity index (χ1n) is 5.37. The summed E-state index contributed by atoms with van der Waals surface area (Å²) in [6, 6.07) is 3.68. The molecule has 0 spiro atoms. The molecule has 0 aliphatic heterocycles. The van der Waals surface area contributed by atoms with Crippen LogP contribution in [-0.2, 0) is 6.42 Å². The summed E-state index contributed by atoms with van der Waals surface area (Å²) in [5.74, 6) is 2.07. The lowest BCUT2D eigenvalue weighted by molar-refractivity contribution is 0.261. The van der Waals surface area contributed by atoms with Crippen LogP contribution < -0.4 is 19.5 Å². The van der Waals surface area contributed by atoms with Gasteiger partial charge in [0, 0.05) is 12.6 Å². The molecule has 1 rings (SSSR count). The molecule has 17 heavy (non-hydrogen) atoms. The molecule has 5 heteroatoms. The van der Waals surface area contributed by atoms with Gasteiger partial charge in [0.15, 0.2) is 11.5 Å². The van der Waals surface area contributed by atoms with E-state index in [1.807, 2.05) is 6.07 Å². The van der Waals surface area contributed by atoms with Crippen molar-refractivity contribution in [3.63, 3.8) is 0 Å². The van der Waals surface area contributed by atoms with Gasteiger partial charge in [-0.1, -0.05) is 0 Å². The topological polar surface area (TPSA) is 60.0 Å². The van der Waals surface area contributed by atoms with Gasteiger partial charge in [0.25, 0.3) is 0 Å². The average molecular weight is 241 g/mol. The van der Waals surface area contributed by atoms with Gasteiger partial charge in [0.1, 0.15) is 5.75 Å². The van der Waals surface area contributed by atoms with Crippen LogP contribution in [0.3, 0.4) is 0 Å². The predicted molar refractivity (Wildman–Crippen MR) is 64.9 cm³/mol. The average Bonchev–Trinajstić information content (AvgIpc) is 2.38. The summed E-state index contributed by atoms with van der Waals surface area (Å²) in [7, 11) is 4.80. The maximum Gasteiger partial charge on any atom is 0.164 e. The largest absolute Gasteiger partial charge is 0.496 e. The monoisotopic (exact) mass is 241 g/mol. The Balaban J connectivity index is 2.93. The molecular weight excluding hydrogens is 222 g/mol. The minimum atomic E-state index is -0.0321. The number of hydrogen-bond donors (Lipinski definition) is 2. The Bertz CT molecular complexity index is 355. The number of aliphatic hydroxyl groups excluding tert-OH is 1. The molecule has 0 bridgehead atoms. The molecule has 2 N–H and O–H groups in total. The van der Waals surface area contributed by atoms with Crippen molar-refractivity contribution in [2.45, 2.75) is 6.42 Å². The quantitative estimate of drug-likeness (QED) is 0.546. The fourth-order valence-corrected chi connectivity index (χ4v) is 1.59. The lowest BCUT2D eigenvalue weighted by Gasteiger charge is -2.14. The van der Waals surface area contributed by atoms with Gasteiger partial charge in [-0.25, -0.2) is 0 Å². The van der Waals surface area contributed by atoms with E-state index in [1.165, 1.54) is 0 Å². The van der Waals surface area contributed by atoms with Crippen molar-refractivity contribution in [1.29, 1.82) is 0 Å². The lowest BCUT2D eigenvalue weighted by Crippen LogP contribution is -2.18. The fraction of sp³-hybridized carbons (Fsp3) is 0.500. The highest BCUT2D eigenvalue weighted by Crippen LogP contribution is 2.34. The summed E-state index contributed by atoms with van der Waals surface area (Å²) < 4.78 is 15.7. The zero-order valence-corrected chi connectivity index (χ0v) is 10.4. The number of methoxy groups -OCH3 is 3. The van der Waals surface area contributed by atoms with Crippen molar-refractivity contribution >= 4 is 0 Å². The minimum absolute atomic E-state index is 0.0321. The molecule has 0 aliphatic carbocycles. The zero-order chi connectivity index (χ0) is 12.7. The number of ether oxygens (including phenoxy) is 3. The Kier molecular flexibility index (Phi) is 5.59. The van der Waals surface area contributed by atoms with Crippen LogP contribution >= 0.6 is 0 Å². The van der Waals surface area contributed by atoms with Crippen LogP contribution in [0.5, 0.6) is 17.2 Å². The molecule has 0 atom stereocenters. The first-order valence-corrected chi connectivity index (χ1v) is 5.37. The number of aliphatic hydroxyl groups is 1. The Labute approximate surface area is 101 Å². The van der Waals surface area contributed by atoms with Crippen molar-refractivity contribution in [3.8, 4) is 17.2 Å². The van der Waals surface area contributed by atoms with Gasteiger partial charge >= 0.3 is 0 Å². The molecule has 0 heterocycles. The zero-order valence-electron chi connectivity index (χ0n) is 10.4. The Morgan fingerprint density at radius 3 is 2.12 bits per heavy atom. The molecule has 5 nitrogen and oxygen atoms in total. The molecule has 0 fully saturated rings. The molecule has 0 saturated heterocycles. The first-order chi connectivity index (χ1) is 8.26. The van der Waals surface area contributed by atoms with E-state index in [-0.39, 0.29) is 6.73 Å². The third-order valence-corrected chi connectivity index (χ3v) is 2.47. The van der Waals surface area contributed by atoms with Gasteiger partial charge in [-0.15, -0.1) is 0 Å². The molecule has 1 aromatic rings. The molecule has 0 unspecified atom stereocenters. The molecule has 1 aromatic carbocycles. The molecule has 96 valence electrons. The Hall–Kier alpha value is -1.46.